The molecule has 0 radical (unpaired) electrons. The van der Waals surface area contributed by atoms with Crippen LogP contribution in [0.4, 0.5) is 0 Å². The number of imidazole rings is 1. The Morgan fingerprint density at radius 2 is 2.33 bits per heavy atom. The van der Waals surface area contributed by atoms with Crippen LogP contribution in [0.15, 0.2) is 24.5 Å². The van der Waals surface area contributed by atoms with Gasteiger partial charge in [-0.2, -0.15) is 0 Å². The first kappa shape index (κ1) is 11.7. The number of likely N-dealkylation sites (tertiary alicyclic amines) is 1. The number of nitrogens with two attached hydrogens (primary N) is 1. The minimum absolute atomic E-state index is 0.463. The SMILES string of the molecule is CCN1CCCC1c1ncc2ccc(CN)cn12. The third-order valence-electron chi connectivity index (χ3n) is 3.92. The van der Waals surface area contributed by atoms with Gasteiger partial charge >= 0.3 is 0 Å². The van der Waals surface area contributed by atoms with Crippen LogP contribution in [0, 0.1) is 0 Å². The first-order valence-corrected chi connectivity index (χ1v) is 6.73. The van der Waals surface area contributed by atoms with Gasteiger partial charge in [-0.1, -0.05) is 13.0 Å². The molecule has 4 nitrogen and oxygen atoms in total. The molecule has 96 valence electrons. The van der Waals surface area contributed by atoms with Crippen molar-refractivity contribution in [2.45, 2.75) is 32.4 Å². The Bertz CT molecular complexity index is 546. The van der Waals surface area contributed by atoms with Gasteiger partial charge in [-0.15, -0.1) is 0 Å². The predicted octanol–water partition coefficient (Wildman–Crippen LogP) is 1.95. The minimum atomic E-state index is 0.463. The number of fused-ring (bicyclic) bond motifs is 1. The maximum atomic E-state index is 5.72. The highest BCUT2D eigenvalue weighted by molar-refractivity contribution is 5.47. The summed E-state index contributed by atoms with van der Waals surface area (Å²) in [5, 5.41) is 0. The van der Waals surface area contributed by atoms with E-state index in [9.17, 15) is 0 Å². The molecule has 0 aliphatic carbocycles. The molecule has 0 spiro atoms. The van der Waals surface area contributed by atoms with Gasteiger partial charge in [0.2, 0.25) is 0 Å². The van der Waals surface area contributed by atoms with Gasteiger partial charge in [0.15, 0.2) is 0 Å². The zero-order valence-electron chi connectivity index (χ0n) is 10.8. The molecule has 0 bridgehead atoms. The number of pyridine rings is 1. The van der Waals surface area contributed by atoms with E-state index in [1.54, 1.807) is 0 Å². The third kappa shape index (κ3) is 1.82. The maximum Gasteiger partial charge on any atom is 0.130 e. The Morgan fingerprint density at radius 3 is 3.11 bits per heavy atom. The van der Waals surface area contributed by atoms with E-state index in [4.69, 9.17) is 5.73 Å². The Labute approximate surface area is 107 Å². The molecule has 3 heterocycles. The minimum Gasteiger partial charge on any atom is -0.326 e. The zero-order chi connectivity index (χ0) is 12.5. The van der Waals surface area contributed by atoms with Crippen LogP contribution in [0.25, 0.3) is 5.52 Å². The molecule has 4 heteroatoms. The molecule has 1 fully saturated rings. The normalized spacial score (nSPS) is 20.9. The van der Waals surface area contributed by atoms with E-state index in [-0.39, 0.29) is 0 Å². The molecule has 3 rings (SSSR count). The number of aromatic nitrogens is 2. The van der Waals surface area contributed by atoms with Gasteiger partial charge in [0, 0.05) is 12.7 Å². The summed E-state index contributed by atoms with van der Waals surface area (Å²) in [5.74, 6) is 1.17. The number of hydrogen-bond acceptors (Lipinski definition) is 3. The molecule has 1 aliphatic rings. The van der Waals surface area contributed by atoms with Crippen molar-refractivity contribution in [1.29, 1.82) is 0 Å². The van der Waals surface area contributed by atoms with Gasteiger partial charge in [0.1, 0.15) is 5.82 Å². The van der Waals surface area contributed by atoms with E-state index in [0.717, 1.165) is 17.6 Å². The molecule has 2 aromatic heterocycles. The van der Waals surface area contributed by atoms with Crippen LogP contribution < -0.4 is 5.73 Å². The molecule has 1 aliphatic heterocycles. The van der Waals surface area contributed by atoms with Gasteiger partial charge in [-0.05, 0) is 37.6 Å². The molecule has 2 aromatic rings. The molecule has 1 saturated heterocycles. The Balaban J connectivity index is 2.05. The van der Waals surface area contributed by atoms with Crippen LogP contribution >= 0.6 is 0 Å². The van der Waals surface area contributed by atoms with Crippen molar-refractivity contribution < 1.29 is 0 Å². The van der Waals surface area contributed by atoms with Crippen LogP contribution in [0.2, 0.25) is 0 Å². The van der Waals surface area contributed by atoms with Crippen molar-refractivity contribution in [3.63, 3.8) is 0 Å². The van der Waals surface area contributed by atoms with E-state index >= 15 is 0 Å². The first-order valence-electron chi connectivity index (χ1n) is 6.73. The van der Waals surface area contributed by atoms with Gasteiger partial charge in [0.05, 0.1) is 17.8 Å². The lowest BCUT2D eigenvalue weighted by Gasteiger charge is -2.21. The molecular weight excluding hydrogens is 224 g/mol. The van der Waals surface area contributed by atoms with Gasteiger partial charge in [-0.3, -0.25) is 4.90 Å². The monoisotopic (exact) mass is 244 g/mol. The quantitative estimate of drug-likeness (QED) is 0.897. The predicted molar refractivity (Wildman–Crippen MR) is 72.3 cm³/mol. The average Bonchev–Trinajstić information content (AvgIpc) is 3.03. The molecule has 2 N–H and O–H groups in total. The largest absolute Gasteiger partial charge is 0.326 e. The van der Waals surface area contributed by atoms with E-state index in [2.05, 4.69) is 39.5 Å². The fourth-order valence-electron chi connectivity index (χ4n) is 2.92. The first-order chi connectivity index (χ1) is 8.83. The number of rotatable bonds is 3. The van der Waals surface area contributed by atoms with E-state index in [1.165, 1.54) is 25.2 Å². The van der Waals surface area contributed by atoms with Crippen LogP contribution in [0.5, 0.6) is 0 Å². The van der Waals surface area contributed by atoms with Crippen molar-refractivity contribution in [1.82, 2.24) is 14.3 Å². The Hall–Kier alpha value is -1.39. The van der Waals surface area contributed by atoms with Crippen molar-refractivity contribution in [2.24, 2.45) is 5.73 Å². The summed E-state index contributed by atoms with van der Waals surface area (Å²) in [6, 6.07) is 4.64. The highest BCUT2D eigenvalue weighted by Crippen LogP contribution is 2.31. The number of hydrogen-bond donors (Lipinski definition) is 1. The summed E-state index contributed by atoms with van der Waals surface area (Å²) >= 11 is 0. The maximum absolute atomic E-state index is 5.72. The molecule has 18 heavy (non-hydrogen) atoms. The summed E-state index contributed by atoms with van der Waals surface area (Å²) in [6.45, 7) is 5.08. The smallest absolute Gasteiger partial charge is 0.130 e. The molecule has 1 unspecified atom stereocenters. The number of nitrogens with zero attached hydrogens (tertiary/aromatic N) is 3. The van der Waals surface area contributed by atoms with E-state index < -0.39 is 0 Å². The Morgan fingerprint density at radius 1 is 1.44 bits per heavy atom. The summed E-state index contributed by atoms with van der Waals surface area (Å²) < 4.78 is 2.21. The van der Waals surface area contributed by atoms with Crippen molar-refractivity contribution in [3.8, 4) is 0 Å². The van der Waals surface area contributed by atoms with Gasteiger partial charge in [-0.25, -0.2) is 4.98 Å². The lowest BCUT2D eigenvalue weighted by molar-refractivity contribution is 0.261. The van der Waals surface area contributed by atoms with Crippen LogP contribution in [0.1, 0.15) is 37.2 Å². The second-order valence-corrected chi connectivity index (χ2v) is 4.94. The lowest BCUT2D eigenvalue weighted by Crippen LogP contribution is -2.24. The molecule has 0 saturated carbocycles. The fraction of sp³-hybridized carbons (Fsp3) is 0.500. The van der Waals surface area contributed by atoms with Crippen LogP contribution in [-0.2, 0) is 6.54 Å². The van der Waals surface area contributed by atoms with Gasteiger partial charge < -0.3 is 10.1 Å². The summed E-state index contributed by atoms with van der Waals surface area (Å²) in [5.41, 5.74) is 8.04. The summed E-state index contributed by atoms with van der Waals surface area (Å²) in [7, 11) is 0. The topological polar surface area (TPSA) is 46.6 Å². The lowest BCUT2D eigenvalue weighted by atomic mass is 10.2. The van der Waals surface area contributed by atoms with Crippen LogP contribution in [-0.4, -0.2) is 27.4 Å². The van der Waals surface area contributed by atoms with Crippen molar-refractivity contribution >= 4 is 5.52 Å². The molecule has 0 amide bonds. The highest BCUT2D eigenvalue weighted by Gasteiger charge is 2.27. The highest BCUT2D eigenvalue weighted by atomic mass is 15.2. The third-order valence-corrected chi connectivity index (χ3v) is 3.92. The second kappa shape index (κ2) is 4.71. The van der Waals surface area contributed by atoms with Gasteiger partial charge in [0.25, 0.3) is 0 Å². The second-order valence-electron chi connectivity index (χ2n) is 4.94. The Kier molecular flexibility index (Phi) is 3.06. The summed E-state index contributed by atoms with van der Waals surface area (Å²) in [4.78, 5) is 7.14. The van der Waals surface area contributed by atoms with Crippen molar-refractivity contribution in [2.75, 3.05) is 13.1 Å². The fourth-order valence-corrected chi connectivity index (χ4v) is 2.92. The van der Waals surface area contributed by atoms with E-state index in [0.29, 0.717) is 12.6 Å². The molecular formula is C14H20N4. The van der Waals surface area contributed by atoms with E-state index in [1.807, 2.05) is 6.20 Å². The van der Waals surface area contributed by atoms with Crippen molar-refractivity contribution in [3.05, 3.63) is 35.9 Å². The van der Waals surface area contributed by atoms with Crippen LogP contribution in [0.3, 0.4) is 0 Å². The molecule has 1 atom stereocenters. The summed E-state index contributed by atoms with van der Waals surface area (Å²) in [6.07, 6.45) is 6.56. The zero-order valence-corrected chi connectivity index (χ0v) is 10.8. The standard InChI is InChI=1S/C14H20N4/c1-2-17-7-3-4-13(17)14-16-9-12-6-5-11(8-15)10-18(12)14/h5-6,9-10,13H,2-4,7-8,15H2,1H3. The molecule has 0 aromatic carbocycles. The average molecular weight is 244 g/mol.